The van der Waals surface area contributed by atoms with Crippen LogP contribution in [0, 0.1) is 12.8 Å². The van der Waals surface area contributed by atoms with Gasteiger partial charge in [-0.3, -0.25) is 4.79 Å². The number of nitrogens with one attached hydrogen (secondary N) is 1. The first kappa shape index (κ1) is 21.0. The highest BCUT2D eigenvalue weighted by molar-refractivity contribution is 5.79. The maximum atomic E-state index is 12.4. The van der Waals surface area contributed by atoms with E-state index in [4.69, 9.17) is 9.51 Å². The van der Waals surface area contributed by atoms with E-state index in [9.17, 15) is 4.79 Å². The lowest BCUT2D eigenvalue weighted by molar-refractivity contribution is -0.125. The van der Waals surface area contributed by atoms with Crippen LogP contribution in [0.1, 0.15) is 56.1 Å². The number of amides is 1. The molecule has 1 aliphatic carbocycles. The summed E-state index contributed by atoms with van der Waals surface area (Å²) in [6, 6.07) is 10.0. The first-order valence-corrected chi connectivity index (χ1v) is 10.8. The molecule has 6 heteroatoms. The van der Waals surface area contributed by atoms with Gasteiger partial charge >= 0.3 is 0 Å². The molecular weight excluding hydrogens is 388 g/mol. The van der Waals surface area contributed by atoms with Crippen LogP contribution in [0.3, 0.4) is 0 Å². The predicted molar refractivity (Wildman–Crippen MR) is 120 cm³/mol. The lowest BCUT2D eigenvalue weighted by Gasteiger charge is -2.17. The summed E-state index contributed by atoms with van der Waals surface area (Å²) in [6.07, 6.45) is 8.80. The van der Waals surface area contributed by atoms with Crippen LogP contribution in [-0.2, 0) is 11.3 Å². The first-order valence-electron chi connectivity index (χ1n) is 10.8. The number of carbonyl (C=O) groups is 1. The summed E-state index contributed by atoms with van der Waals surface area (Å²) in [4.78, 5) is 21.7. The monoisotopic (exact) mass is 416 g/mol. The van der Waals surface area contributed by atoms with Gasteiger partial charge in [-0.25, -0.2) is 9.97 Å². The van der Waals surface area contributed by atoms with Crippen LogP contribution in [0.15, 0.2) is 53.2 Å². The summed E-state index contributed by atoms with van der Waals surface area (Å²) in [5, 5.41) is 7.07. The van der Waals surface area contributed by atoms with Crippen LogP contribution >= 0.6 is 0 Å². The van der Waals surface area contributed by atoms with Crippen molar-refractivity contribution >= 4 is 5.91 Å². The summed E-state index contributed by atoms with van der Waals surface area (Å²) in [5.41, 5.74) is 4.48. The highest BCUT2D eigenvalue weighted by atomic mass is 16.5. The normalized spacial score (nSPS) is 15.9. The fourth-order valence-electron chi connectivity index (χ4n) is 3.71. The number of nitrogens with zero attached hydrogens (tertiary/aromatic N) is 3. The van der Waals surface area contributed by atoms with Gasteiger partial charge in [0.05, 0.1) is 17.0 Å². The molecule has 0 spiro atoms. The molecule has 1 amide bonds. The van der Waals surface area contributed by atoms with E-state index in [2.05, 4.69) is 41.5 Å². The molecule has 6 nitrogen and oxygen atoms in total. The molecule has 0 unspecified atom stereocenters. The van der Waals surface area contributed by atoms with E-state index in [1.807, 2.05) is 43.5 Å². The number of hydrogen-bond acceptors (Lipinski definition) is 5. The molecule has 1 atom stereocenters. The Morgan fingerprint density at radius 2 is 2.03 bits per heavy atom. The zero-order chi connectivity index (χ0) is 21.8. The maximum Gasteiger partial charge on any atom is 0.223 e. The average molecular weight is 417 g/mol. The number of aromatic nitrogens is 3. The van der Waals surface area contributed by atoms with Crippen LogP contribution in [0.5, 0.6) is 0 Å². The van der Waals surface area contributed by atoms with Crippen LogP contribution in [0.2, 0.25) is 0 Å². The van der Waals surface area contributed by atoms with E-state index < -0.39 is 0 Å². The Morgan fingerprint density at radius 3 is 2.68 bits per heavy atom. The molecule has 0 bridgehead atoms. The molecule has 0 radical (unpaired) electrons. The number of aryl methyl sites for hydroxylation is 1. The van der Waals surface area contributed by atoms with Gasteiger partial charge in [-0.05, 0) is 31.7 Å². The van der Waals surface area contributed by atoms with Gasteiger partial charge in [0.25, 0.3) is 0 Å². The highest BCUT2D eigenvalue weighted by Gasteiger charge is 2.19. The van der Waals surface area contributed by atoms with Gasteiger partial charge < -0.3 is 9.84 Å². The van der Waals surface area contributed by atoms with Crippen LogP contribution in [0.4, 0.5) is 0 Å². The fourth-order valence-corrected chi connectivity index (χ4v) is 3.71. The Hall–Kier alpha value is -3.28. The Kier molecular flexibility index (Phi) is 6.26. The van der Waals surface area contributed by atoms with Gasteiger partial charge in [0.2, 0.25) is 5.91 Å². The molecule has 2 heterocycles. The summed E-state index contributed by atoms with van der Waals surface area (Å²) in [6.45, 7) is 6.56. The molecule has 0 aliphatic heterocycles. The molecule has 31 heavy (non-hydrogen) atoms. The number of allylic oxidation sites excluding steroid dienone is 2. The third-order valence-electron chi connectivity index (χ3n) is 5.55. The Morgan fingerprint density at radius 1 is 1.23 bits per heavy atom. The molecule has 1 aromatic carbocycles. The molecule has 0 fully saturated rings. The SMILES string of the molecule is Cc1cc(-c2cnc(C(C)C)nc2-c2ccc(CNC(=O)[C@@H]3CC=CCC3)cc2)on1. The second kappa shape index (κ2) is 9.25. The minimum absolute atomic E-state index is 0.0904. The Balaban J connectivity index is 1.54. The molecular formula is C25H28N4O2. The summed E-state index contributed by atoms with van der Waals surface area (Å²) >= 11 is 0. The second-order valence-electron chi connectivity index (χ2n) is 8.37. The van der Waals surface area contributed by atoms with E-state index in [0.29, 0.717) is 12.3 Å². The predicted octanol–water partition coefficient (Wildman–Crippen LogP) is 5.20. The molecule has 0 saturated heterocycles. The van der Waals surface area contributed by atoms with Gasteiger partial charge in [0, 0.05) is 36.2 Å². The Bertz CT molecular complexity index is 1080. The van der Waals surface area contributed by atoms with Crippen molar-refractivity contribution in [1.82, 2.24) is 20.4 Å². The number of rotatable bonds is 6. The zero-order valence-electron chi connectivity index (χ0n) is 18.3. The summed E-state index contributed by atoms with van der Waals surface area (Å²) in [7, 11) is 0. The van der Waals surface area contributed by atoms with E-state index in [1.165, 1.54) is 0 Å². The largest absolute Gasteiger partial charge is 0.356 e. The summed E-state index contributed by atoms with van der Waals surface area (Å²) < 4.78 is 5.48. The smallest absolute Gasteiger partial charge is 0.223 e. The minimum atomic E-state index is 0.0904. The quantitative estimate of drug-likeness (QED) is 0.558. The standard InChI is InChI=1S/C25H28N4O2/c1-16(2)24-26-15-21(22-13-17(3)29-31-22)23(28-24)19-11-9-18(10-12-19)14-27-25(30)20-7-5-4-6-8-20/h4-5,9-13,15-16,20H,6-8,14H2,1-3H3,(H,27,30)/t20-/m1/s1. The van der Waals surface area contributed by atoms with E-state index in [1.54, 1.807) is 0 Å². The van der Waals surface area contributed by atoms with Crippen LogP contribution < -0.4 is 5.32 Å². The van der Waals surface area contributed by atoms with Gasteiger partial charge in [-0.2, -0.15) is 0 Å². The lowest BCUT2D eigenvalue weighted by Crippen LogP contribution is -2.30. The van der Waals surface area contributed by atoms with Crippen LogP contribution in [0.25, 0.3) is 22.6 Å². The van der Waals surface area contributed by atoms with Crippen molar-refractivity contribution in [2.75, 3.05) is 0 Å². The third kappa shape index (κ3) is 4.90. The second-order valence-corrected chi connectivity index (χ2v) is 8.37. The van der Waals surface area contributed by atoms with E-state index in [-0.39, 0.29) is 17.7 Å². The van der Waals surface area contributed by atoms with Crippen molar-refractivity contribution in [2.45, 2.75) is 52.5 Å². The van der Waals surface area contributed by atoms with Gasteiger partial charge in [-0.1, -0.05) is 55.4 Å². The van der Waals surface area contributed by atoms with E-state index in [0.717, 1.165) is 53.2 Å². The number of hydrogen-bond donors (Lipinski definition) is 1. The van der Waals surface area contributed by atoms with Gasteiger partial charge in [0.15, 0.2) is 5.76 Å². The van der Waals surface area contributed by atoms with Gasteiger partial charge in [-0.15, -0.1) is 0 Å². The molecule has 4 rings (SSSR count). The highest BCUT2D eigenvalue weighted by Crippen LogP contribution is 2.31. The molecule has 2 aromatic heterocycles. The maximum absolute atomic E-state index is 12.4. The van der Waals surface area contributed by atoms with Crippen molar-refractivity contribution in [3.8, 4) is 22.6 Å². The third-order valence-corrected chi connectivity index (χ3v) is 5.55. The molecule has 0 saturated carbocycles. The Labute approximate surface area is 182 Å². The molecule has 160 valence electrons. The van der Waals surface area contributed by atoms with Crippen molar-refractivity contribution in [3.63, 3.8) is 0 Å². The van der Waals surface area contributed by atoms with Gasteiger partial charge in [0.1, 0.15) is 5.82 Å². The number of carbonyl (C=O) groups excluding carboxylic acids is 1. The lowest BCUT2D eigenvalue weighted by atomic mass is 9.93. The molecule has 1 aliphatic rings. The molecule has 3 aromatic rings. The first-order chi connectivity index (χ1) is 15.0. The van der Waals surface area contributed by atoms with E-state index >= 15 is 0 Å². The minimum Gasteiger partial charge on any atom is -0.356 e. The fraction of sp³-hybridized carbons (Fsp3) is 0.360. The summed E-state index contributed by atoms with van der Waals surface area (Å²) in [5.74, 6) is 1.88. The van der Waals surface area contributed by atoms with Crippen molar-refractivity contribution in [2.24, 2.45) is 5.92 Å². The zero-order valence-corrected chi connectivity index (χ0v) is 18.3. The van der Waals surface area contributed by atoms with Crippen LogP contribution in [-0.4, -0.2) is 21.0 Å². The van der Waals surface area contributed by atoms with Crippen molar-refractivity contribution in [1.29, 1.82) is 0 Å². The topological polar surface area (TPSA) is 80.9 Å². The van der Waals surface area contributed by atoms with Crippen molar-refractivity contribution in [3.05, 3.63) is 65.8 Å². The average Bonchev–Trinajstić information content (AvgIpc) is 3.24. The molecule has 1 N–H and O–H groups in total. The van der Waals surface area contributed by atoms with Crippen molar-refractivity contribution < 1.29 is 9.32 Å². The number of benzene rings is 1.